The van der Waals surface area contributed by atoms with Crippen molar-refractivity contribution in [2.75, 3.05) is 13.1 Å². The predicted molar refractivity (Wildman–Crippen MR) is 91.7 cm³/mol. The fraction of sp³-hybridized carbons (Fsp3) is 0.500. The van der Waals surface area contributed by atoms with Crippen LogP contribution in [0.3, 0.4) is 0 Å². The Bertz CT molecular complexity index is 719. The molecule has 0 N–H and O–H groups in total. The third-order valence-corrected chi connectivity index (χ3v) is 4.98. The van der Waals surface area contributed by atoms with Crippen LogP contribution >= 0.6 is 11.6 Å². The summed E-state index contributed by atoms with van der Waals surface area (Å²) in [5.74, 6) is 0.755. The first-order valence-corrected chi connectivity index (χ1v) is 8.48. The lowest BCUT2D eigenvalue weighted by atomic mass is 10.00. The number of piperidine rings is 1. The fourth-order valence-corrected chi connectivity index (χ4v) is 3.79. The van der Waals surface area contributed by atoms with Crippen molar-refractivity contribution in [3.63, 3.8) is 0 Å². The average molecular weight is 319 g/mol. The first-order chi connectivity index (χ1) is 10.5. The normalized spacial score (nSPS) is 18.9. The molecule has 0 spiro atoms. The van der Waals surface area contributed by atoms with Crippen LogP contribution in [0.5, 0.6) is 0 Å². The molecule has 3 nitrogen and oxygen atoms in total. The standard InChI is InChI=1S/C18H23ClN2O/c1-4-21-16-8-7-14(19)10-15(16)13(3)17(21)18(22)20-9-5-6-12(2)11-20/h7-8,10,12H,4-6,9,11H2,1-3H3. The number of likely N-dealkylation sites (tertiary alicyclic amines) is 1. The average Bonchev–Trinajstić information content (AvgIpc) is 2.78. The van der Waals surface area contributed by atoms with Gasteiger partial charge >= 0.3 is 0 Å². The smallest absolute Gasteiger partial charge is 0.270 e. The van der Waals surface area contributed by atoms with Crippen LogP contribution in [-0.4, -0.2) is 28.5 Å². The monoisotopic (exact) mass is 318 g/mol. The van der Waals surface area contributed by atoms with Crippen LogP contribution in [-0.2, 0) is 6.54 Å². The second-order valence-electron chi connectivity index (χ2n) is 6.38. The maximum absolute atomic E-state index is 13.1. The molecule has 2 heterocycles. The van der Waals surface area contributed by atoms with E-state index in [0.29, 0.717) is 5.92 Å². The molecule has 1 saturated heterocycles. The highest BCUT2D eigenvalue weighted by Crippen LogP contribution is 2.30. The van der Waals surface area contributed by atoms with Crippen molar-refractivity contribution in [1.82, 2.24) is 9.47 Å². The maximum atomic E-state index is 13.1. The third kappa shape index (κ3) is 2.52. The molecule has 1 unspecified atom stereocenters. The van der Waals surface area contributed by atoms with E-state index in [1.165, 1.54) is 6.42 Å². The van der Waals surface area contributed by atoms with Gasteiger partial charge in [-0.05, 0) is 56.4 Å². The number of carbonyl (C=O) groups excluding carboxylic acids is 1. The highest BCUT2D eigenvalue weighted by atomic mass is 35.5. The van der Waals surface area contributed by atoms with Gasteiger partial charge in [0, 0.05) is 35.6 Å². The molecule has 3 rings (SSSR count). The van der Waals surface area contributed by atoms with Gasteiger partial charge in [0.15, 0.2) is 0 Å². The van der Waals surface area contributed by atoms with Crippen LogP contribution in [0.2, 0.25) is 5.02 Å². The molecule has 1 aliphatic rings. The molecule has 1 amide bonds. The predicted octanol–water partition coefficient (Wildman–Crippen LogP) is 4.50. The molecule has 1 atom stereocenters. The summed E-state index contributed by atoms with van der Waals surface area (Å²) in [5, 5.41) is 1.80. The second-order valence-corrected chi connectivity index (χ2v) is 6.81. The van der Waals surface area contributed by atoms with Gasteiger partial charge in [0.2, 0.25) is 0 Å². The van der Waals surface area contributed by atoms with E-state index in [2.05, 4.69) is 18.4 Å². The van der Waals surface area contributed by atoms with Crippen molar-refractivity contribution < 1.29 is 4.79 Å². The summed E-state index contributed by atoms with van der Waals surface area (Å²) in [6.45, 7) is 8.87. The maximum Gasteiger partial charge on any atom is 0.270 e. The summed E-state index contributed by atoms with van der Waals surface area (Å²) in [6, 6.07) is 5.88. The van der Waals surface area contributed by atoms with Crippen LogP contribution in [0.25, 0.3) is 10.9 Å². The van der Waals surface area contributed by atoms with Crippen molar-refractivity contribution in [3.05, 3.63) is 34.5 Å². The van der Waals surface area contributed by atoms with Gasteiger partial charge in [0.1, 0.15) is 5.69 Å². The van der Waals surface area contributed by atoms with Crippen LogP contribution in [0.1, 0.15) is 42.7 Å². The molecule has 118 valence electrons. The highest BCUT2D eigenvalue weighted by molar-refractivity contribution is 6.31. The summed E-state index contributed by atoms with van der Waals surface area (Å²) in [7, 11) is 0. The zero-order valence-electron chi connectivity index (χ0n) is 13.5. The molecule has 1 fully saturated rings. The molecule has 1 aromatic carbocycles. The minimum atomic E-state index is 0.165. The number of amides is 1. The Balaban J connectivity index is 2.09. The Hall–Kier alpha value is -1.48. The van der Waals surface area contributed by atoms with Crippen molar-refractivity contribution in [2.24, 2.45) is 5.92 Å². The van der Waals surface area contributed by atoms with Gasteiger partial charge in [0.05, 0.1) is 0 Å². The quantitative estimate of drug-likeness (QED) is 0.800. The molecule has 22 heavy (non-hydrogen) atoms. The zero-order valence-corrected chi connectivity index (χ0v) is 14.3. The molecule has 4 heteroatoms. The van der Waals surface area contributed by atoms with E-state index in [1.54, 1.807) is 0 Å². The Morgan fingerprint density at radius 3 is 2.86 bits per heavy atom. The molecular formula is C18H23ClN2O. The Labute approximate surface area is 136 Å². The summed E-state index contributed by atoms with van der Waals surface area (Å²) in [4.78, 5) is 15.1. The summed E-state index contributed by atoms with van der Waals surface area (Å²) < 4.78 is 2.13. The number of hydrogen-bond acceptors (Lipinski definition) is 1. The second kappa shape index (κ2) is 5.96. The number of aromatic nitrogens is 1. The Morgan fingerprint density at radius 1 is 1.41 bits per heavy atom. The van der Waals surface area contributed by atoms with Crippen molar-refractivity contribution in [3.8, 4) is 0 Å². The van der Waals surface area contributed by atoms with Crippen LogP contribution in [0, 0.1) is 12.8 Å². The van der Waals surface area contributed by atoms with Crippen LogP contribution < -0.4 is 0 Å². The number of hydrogen-bond donors (Lipinski definition) is 0. The molecule has 0 aliphatic carbocycles. The van der Waals surface area contributed by atoms with Gasteiger partial charge in [-0.15, -0.1) is 0 Å². The molecule has 2 aromatic rings. The largest absolute Gasteiger partial charge is 0.337 e. The highest BCUT2D eigenvalue weighted by Gasteiger charge is 2.27. The topological polar surface area (TPSA) is 25.2 Å². The van der Waals surface area contributed by atoms with Gasteiger partial charge in [-0.25, -0.2) is 0 Å². The van der Waals surface area contributed by atoms with E-state index < -0.39 is 0 Å². The molecule has 0 saturated carbocycles. The van der Waals surface area contributed by atoms with E-state index in [1.807, 2.05) is 30.0 Å². The van der Waals surface area contributed by atoms with E-state index in [-0.39, 0.29) is 5.91 Å². The lowest BCUT2D eigenvalue weighted by molar-refractivity contribution is 0.0672. The van der Waals surface area contributed by atoms with Crippen molar-refractivity contribution >= 4 is 28.4 Å². The number of benzene rings is 1. The van der Waals surface area contributed by atoms with Crippen LogP contribution in [0.15, 0.2) is 18.2 Å². The molecule has 1 aromatic heterocycles. The molecular weight excluding hydrogens is 296 g/mol. The minimum absolute atomic E-state index is 0.165. The third-order valence-electron chi connectivity index (χ3n) is 4.74. The lowest BCUT2D eigenvalue weighted by Crippen LogP contribution is -2.40. The van der Waals surface area contributed by atoms with Gasteiger partial charge in [-0.2, -0.15) is 0 Å². The summed E-state index contributed by atoms with van der Waals surface area (Å²) in [5.41, 5.74) is 2.97. The van der Waals surface area contributed by atoms with Gasteiger partial charge in [-0.1, -0.05) is 18.5 Å². The minimum Gasteiger partial charge on any atom is -0.337 e. The lowest BCUT2D eigenvalue weighted by Gasteiger charge is -2.31. The zero-order chi connectivity index (χ0) is 15.9. The van der Waals surface area contributed by atoms with Crippen molar-refractivity contribution in [2.45, 2.75) is 40.2 Å². The fourth-order valence-electron chi connectivity index (χ4n) is 3.62. The number of fused-ring (bicyclic) bond motifs is 1. The molecule has 0 radical (unpaired) electrons. The number of carbonyl (C=O) groups is 1. The summed E-state index contributed by atoms with van der Waals surface area (Å²) >= 11 is 6.14. The van der Waals surface area contributed by atoms with Gasteiger partial charge in [-0.3, -0.25) is 4.79 Å². The van der Waals surface area contributed by atoms with Gasteiger partial charge < -0.3 is 9.47 Å². The van der Waals surface area contributed by atoms with E-state index in [0.717, 1.165) is 53.2 Å². The van der Waals surface area contributed by atoms with E-state index in [9.17, 15) is 4.79 Å². The molecule has 1 aliphatic heterocycles. The first kappa shape index (κ1) is 15.4. The number of halogens is 1. The van der Waals surface area contributed by atoms with Crippen molar-refractivity contribution in [1.29, 1.82) is 0 Å². The van der Waals surface area contributed by atoms with E-state index >= 15 is 0 Å². The SMILES string of the molecule is CCn1c(C(=O)N2CCCC(C)C2)c(C)c2cc(Cl)ccc21. The number of rotatable bonds is 2. The van der Waals surface area contributed by atoms with Gasteiger partial charge in [0.25, 0.3) is 5.91 Å². The number of aryl methyl sites for hydroxylation is 2. The molecule has 0 bridgehead atoms. The Morgan fingerprint density at radius 2 is 2.18 bits per heavy atom. The number of nitrogens with zero attached hydrogens (tertiary/aromatic N) is 2. The van der Waals surface area contributed by atoms with E-state index in [4.69, 9.17) is 11.6 Å². The Kier molecular flexibility index (Phi) is 4.18. The summed E-state index contributed by atoms with van der Waals surface area (Å²) in [6.07, 6.45) is 2.32. The van der Waals surface area contributed by atoms with Crippen LogP contribution in [0.4, 0.5) is 0 Å². The first-order valence-electron chi connectivity index (χ1n) is 8.10.